The van der Waals surface area contributed by atoms with Crippen LogP contribution in [0.1, 0.15) is 54.4 Å². The third-order valence-electron chi connectivity index (χ3n) is 6.88. The van der Waals surface area contributed by atoms with Gasteiger partial charge in [0.15, 0.2) is 0 Å². The fourth-order valence-electron chi connectivity index (χ4n) is 4.83. The van der Waals surface area contributed by atoms with Crippen LogP contribution in [0.5, 0.6) is 5.75 Å². The number of likely N-dealkylation sites (tertiary alicyclic amines) is 1. The second-order valence-electron chi connectivity index (χ2n) is 9.81. The van der Waals surface area contributed by atoms with E-state index in [0.29, 0.717) is 24.3 Å². The van der Waals surface area contributed by atoms with Crippen LogP contribution < -0.4 is 15.4 Å². The molecule has 0 bridgehead atoms. The number of hydrogen-bond acceptors (Lipinski definition) is 6. The third kappa shape index (κ3) is 9.19. The summed E-state index contributed by atoms with van der Waals surface area (Å²) in [5, 5.41) is 13.2. The van der Waals surface area contributed by atoms with E-state index in [1.54, 1.807) is 47.6 Å². The van der Waals surface area contributed by atoms with E-state index >= 15 is 0 Å². The summed E-state index contributed by atoms with van der Waals surface area (Å²) in [6.07, 6.45) is 4.19. The minimum atomic E-state index is -5.08. The van der Waals surface area contributed by atoms with Crippen molar-refractivity contribution in [1.29, 1.82) is 0 Å². The molecule has 0 unspecified atom stereocenters. The normalized spacial score (nSPS) is 17.7. The zero-order chi connectivity index (χ0) is 30.0. The highest BCUT2D eigenvalue weighted by molar-refractivity contribution is 5.99. The molecule has 1 aromatic heterocycles. The number of alkyl halides is 3. The number of carboxylic acid groups (broad SMARTS) is 1. The van der Waals surface area contributed by atoms with E-state index < -0.39 is 24.2 Å². The number of carboxylic acids is 1. The van der Waals surface area contributed by atoms with Gasteiger partial charge in [0.05, 0.1) is 7.11 Å². The number of carbonyl (C=O) groups excluding carboxylic acids is 3. The first-order valence-electron chi connectivity index (χ1n) is 13.2. The maximum atomic E-state index is 13.7. The van der Waals surface area contributed by atoms with Gasteiger partial charge in [-0.25, -0.2) is 4.79 Å². The molecule has 4 rings (SSSR count). The van der Waals surface area contributed by atoms with Crippen molar-refractivity contribution >= 4 is 23.7 Å². The van der Waals surface area contributed by atoms with Gasteiger partial charge in [0.1, 0.15) is 17.8 Å². The van der Waals surface area contributed by atoms with Crippen LogP contribution >= 0.6 is 0 Å². The van der Waals surface area contributed by atoms with Crippen LogP contribution in [0.4, 0.5) is 13.2 Å². The number of halogens is 3. The van der Waals surface area contributed by atoms with Gasteiger partial charge in [0.2, 0.25) is 11.8 Å². The summed E-state index contributed by atoms with van der Waals surface area (Å²) in [5.74, 6) is -2.90. The number of amides is 3. The molecule has 10 nitrogen and oxygen atoms in total. The Bertz CT molecular complexity index is 1200. The monoisotopic (exact) mass is 578 g/mol. The van der Waals surface area contributed by atoms with E-state index in [1.165, 1.54) is 7.11 Å². The van der Waals surface area contributed by atoms with Crippen molar-refractivity contribution in [2.24, 2.45) is 0 Å². The van der Waals surface area contributed by atoms with E-state index in [2.05, 4.69) is 15.6 Å². The minimum Gasteiger partial charge on any atom is -0.497 e. The first-order chi connectivity index (χ1) is 19.5. The summed E-state index contributed by atoms with van der Waals surface area (Å²) < 4.78 is 37.0. The molecule has 1 saturated carbocycles. The second kappa shape index (κ2) is 14.5. The van der Waals surface area contributed by atoms with Crippen LogP contribution in [-0.4, -0.2) is 76.6 Å². The second-order valence-corrected chi connectivity index (χ2v) is 9.81. The molecule has 2 heterocycles. The topological polar surface area (TPSA) is 138 Å². The highest BCUT2D eigenvalue weighted by atomic mass is 19.4. The molecular formula is C28H33F3N4O6. The number of methoxy groups -OCH3 is 1. The minimum absolute atomic E-state index is 0.0861. The SMILES string of the molecule is COc1cccc(C(=O)N[C@@H](Cc2cccnc2)C(=O)N2CCC[C@H]2C(=O)NC2CCCC2)c1.O=C(O)C(F)(F)F. The largest absolute Gasteiger partial charge is 0.497 e. The summed E-state index contributed by atoms with van der Waals surface area (Å²) >= 11 is 0. The molecular weight excluding hydrogens is 545 g/mol. The predicted octanol–water partition coefficient (Wildman–Crippen LogP) is 3.11. The molecule has 3 N–H and O–H groups in total. The van der Waals surface area contributed by atoms with Gasteiger partial charge < -0.3 is 25.4 Å². The van der Waals surface area contributed by atoms with Crippen LogP contribution in [0.2, 0.25) is 0 Å². The molecule has 41 heavy (non-hydrogen) atoms. The molecule has 2 aromatic rings. The van der Waals surface area contributed by atoms with E-state index in [9.17, 15) is 27.6 Å². The van der Waals surface area contributed by atoms with Gasteiger partial charge in [-0.2, -0.15) is 13.2 Å². The quantitative estimate of drug-likeness (QED) is 0.438. The van der Waals surface area contributed by atoms with Crippen molar-refractivity contribution in [2.45, 2.75) is 69.2 Å². The molecule has 0 radical (unpaired) electrons. The molecule has 1 aliphatic carbocycles. The summed E-state index contributed by atoms with van der Waals surface area (Å²) in [5.41, 5.74) is 1.23. The van der Waals surface area contributed by atoms with Gasteiger partial charge in [-0.05, 0) is 55.5 Å². The number of hydrogen-bond donors (Lipinski definition) is 3. The first kappa shape index (κ1) is 31.4. The van der Waals surface area contributed by atoms with Crippen molar-refractivity contribution in [1.82, 2.24) is 20.5 Å². The lowest BCUT2D eigenvalue weighted by Gasteiger charge is -2.29. The standard InChI is InChI=1S/C26H32N4O4.C2HF3O2/c1-34-21-11-4-8-19(16-21)24(31)29-22(15-18-7-5-13-27-17-18)26(33)30-14-6-12-23(30)25(32)28-20-9-2-3-10-20;3-2(4,5)1(6)7/h4-5,7-8,11,13,16-17,20,22-23H,2-3,6,9-10,12,14-15H2,1H3,(H,28,32)(H,29,31);(H,6,7)/t22-,23-;/m0./s1. The fourth-order valence-corrected chi connectivity index (χ4v) is 4.83. The molecule has 3 amide bonds. The lowest BCUT2D eigenvalue weighted by Crippen LogP contribution is -2.55. The summed E-state index contributed by atoms with van der Waals surface area (Å²) in [7, 11) is 1.54. The Morgan fingerprint density at radius 1 is 1.10 bits per heavy atom. The molecule has 222 valence electrons. The zero-order valence-electron chi connectivity index (χ0n) is 22.5. The van der Waals surface area contributed by atoms with Crippen molar-refractivity contribution in [3.05, 3.63) is 59.9 Å². The van der Waals surface area contributed by atoms with Crippen LogP contribution in [-0.2, 0) is 20.8 Å². The zero-order valence-corrected chi connectivity index (χ0v) is 22.5. The fraction of sp³-hybridized carbons (Fsp3) is 0.464. The van der Waals surface area contributed by atoms with Crippen LogP contribution in [0.15, 0.2) is 48.8 Å². The maximum absolute atomic E-state index is 13.7. The number of aliphatic carboxylic acids is 1. The maximum Gasteiger partial charge on any atom is 0.490 e. The van der Waals surface area contributed by atoms with Gasteiger partial charge >= 0.3 is 12.1 Å². The van der Waals surface area contributed by atoms with Crippen LogP contribution in [0.25, 0.3) is 0 Å². The lowest BCUT2D eigenvalue weighted by atomic mass is 10.0. The van der Waals surface area contributed by atoms with E-state index in [0.717, 1.165) is 37.7 Å². The van der Waals surface area contributed by atoms with Crippen molar-refractivity contribution in [3.63, 3.8) is 0 Å². The number of rotatable bonds is 8. The number of benzene rings is 1. The molecule has 2 atom stereocenters. The van der Waals surface area contributed by atoms with Gasteiger partial charge in [-0.3, -0.25) is 19.4 Å². The number of ether oxygens (including phenoxy) is 1. The Balaban J connectivity index is 0.000000587. The summed E-state index contributed by atoms with van der Waals surface area (Å²) in [6, 6.07) is 9.35. The predicted molar refractivity (Wildman–Crippen MR) is 141 cm³/mol. The van der Waals surface area contributed by atoms with Gasteiger partial charge in [-0.1, -0.05) is 25.0 Å². The molecule has 1 aromatic carbocycles. The molecule has 1 saturated heterocycles. The molecule has 2 fully saturated rings. The van der Waals surface area contributed by atoms with Crippen molar-refractivity contribution < 1.29 is 42.2 Å². The summed E-state index contributed by atoms with van der Waals surface area (Å²) in [4.78, 5) is 54.4. The summed E-state index contributed by atoms with van der Waals surface area (Å²) in [6.45, 7) is 0.500. The Kier molecular flexibility index (Phi) is 11.1. The van der Waals surface area contributed by atoms with E-state index in [1.807, 2.05) is 6.07 Å². The number of nitrogens with zero attached hydrogens (tertiary/aromatic N) is 2. The van der Waals surface area contributed by atoms with Crippen LogP contribution in [0, 0.1) is 0 Å². The number of aromatic nitrogens is 1. The average Bonchev–Trinajstić information content (AvgIpc) is 3.65. The average molecular weight is 579 g/mol. The number of nitrogens with one attached hydrogen (secondary N) is 2. The molecule has 0 spiro atoms. The van der Waals surface area contributed by atoms with Gasteiger partial charge in [0.25, 0.3) is 5.91 Å². The molecule has 13 heteroatoms. The Morgan fingerprint density at radius 3 is 2.41 bits per heavy atom. The first-order valence-corrected chi connectivity index (χ1v) is 13.2. The highest BCUT2D eigenvalue weighted by Gasteiger charge is 2.39. The van der Waals surface area contributed by atoms with Crippen LogP contribution in [0.3, 0.4) is 0 Å². The third-order valence-corrected chi connectivity index (χ3v) is 6.88. The lowest BCUT2D eigenvalue weighted by molar-refractivity contribution is -0.192. The highest BCUT2D eigenvalue weighted by Crippen LogP contribution is 2.23. The number of carbonyl (C=O) groups is 4. The Hall–Kier alpha value is -4.16. The van der Waals surface area contributed by atoms with Gasteiger partial charge in [0, 0.05) is 37.0 Å². The van der Waals surface area contributed by atoms with Crippen molar-refractivity contribution in [3.8, 4) is 5.75 Å². The van der Waals surface area contributed by atoms with E-state index in [4.69, 9.17) is 14.6 Å². The smallest absolute Gasteiger partial charge is 0.490 e. The Labute approximate surface area is 235 Å². The van der Waals surface area contributed by atoms with Crippen molar-refractivity contribution in [2.75, 3.05) is 13.7 Å². The van der Waals surface area contributed by atoms with Gasteiger partial charge in [-0.15, -0.1) is 0 Å². The Morgan fingerprint density at radius 2 is 1.80 bits per heavy atom. The number of pyridine rings is 1. The molecule has 1 aliphatic heterocycles. The molecule has 2 aliphatic rings. The van der Waals surface area contributed by atoms with E-state index in [-0.39, 0.29) is 30.2 Å².